The Labute approximate surface area is 155 Å². The van der Waals surface area contributed by atoms with Gasteiger partial charge in [-0.3, -0.25) is 9.71 Å². The molecule has 9 heteroatoms. The Morgan fingerprint density at radius 1 is 1.07 bits per heavy atom. The first-order valence-electron chi connectivity index (χ1n) is 7.73. The van der Waals surface area contributed by atoms with Crippen LogP contribution < -0.4 is 9.46 Å². The minimum atomic E-state index is -3.84. The number of anilines is 1. The lowest BCUT2D eigenvalue weighted by atomic mass is 10.2. The second kappa shape index (κ2) is 7.83. The van der Waals surface area contributed by atoms with E-state index >= 15 is 0 Å². The van der Waals surface area contributed by atoms with E-state index in [1.165, 1.54) is 56.0 Å². The van der Waals surface area contributed by atoms with Crippen LogP contribution in [0.25, 0.3) is 0 Å². The first kappa shape index (κ1) is 18.3. The predicted octanol–water partition coefficient (Wildman–Crippen LogP) is 2.86. The molecule has 0 atom stereocenters. The van der Waals surface area contributed by atoms with E-state index in [1.54, 1.807) is 18.2 Å². The van der Waals surface area contributed by atoms with E-state index < -0.39 is 16.0 Å². The van der Waals surface area contributed by atoms with Crippen LogP contribution in [0.3, 0.4) is 0 Å². The third-order valence-electron chi connectivity index (χ3n) is 3.43. The zero-order valence-electron chi connectivity index (χ0n) is 14.2. The number of carbonyl (C=O) groups excluding carboxylic acids is 1. The normalized spacial score (nSPS) is 10.9. The highest BCUT2D eigenvalue weighted by molar-refractivity contribution is 7.92. The van der Waals surface area contributed by atoms with Gasteiger partial charge in [0.15, 0.2) is 0 Å². The van der Waals surface area contributed by atoms with Crippen LogP contribution in [0, 0.1) is 0 Å². The molecule has 0 saturated carbocycles. The fraction of sp³-hybridized carbons (Fsp3) is 0.0556. The molecule has 1 N–H and O–H groups in total. The molecule has 138 valence electrons. The number of nitrogens with one attached hydrogen (secondary N) is 1. The quantitative estimate of drug-likeness (QED) is 0.650. The number of methoxy groups -OCH3 is 1. The maximum absolute atomic E-state index is 12.5. The van der Waals surface area contributed by atoms with Crippen LogP contribution >= 0.6 is 0 Å². The maximum Gasteiger partial charge on any atom is 0.337 e. The summed E-state index contributed by atoms with van der Waals surface area (Å²) in [5.41, 5.74) is 0.573. The SMILES string of the molecule is COC(=O)c1ccc(S(=O)(=O)Nc2cccc(Oc3cnccn3)c2)cc1. The number of hydrogen-bond donors (Lipinski definition) is 1. The second-order valence-electron chi connectivity index (χ2n) is 5.30. The van der Waals surface area contributed by atoms with Crippen molar-refractivity contribution in [2.24, 2.45) is 0 Å². The first-order valence-corrected chi connectivity index (χ1v) is 9.21. The summed E-state index contributed by atoms with van der Waals surface area (Å²) in [6.07, 6.45) is 4.45. The fourth-order valence-electron chi connectivity index (χ4n) is 2.18. The van der Waals surface area contributed by atoms with Crippen molar-refractivity contribution in [3.63, 3.8) is 0 Å². The predicted molar refractivity (Wildman–Crippen MR) is 97.1 cm³/mol. The minimum absolute atomic E-state index is 0.00963. The molecule has 0 unspecified atom stereocenters. The molecule has 0 radical (unpaired) electrons. The van der Waals surface area contributed by atoms with Crippen LogP contribution in [-0.4, -0.2) is 31.5 Å². The monoisotopic (exact) mass is 385 g/mol. The average molecular weight is 385 g/mol. The lowest BCUT2D eigenvalue weighted by Crippen LogP contribution is -2.13. The van der Waals surface area contributed by atoms with Crippen LogP contribution in [0.2, 0.25) is 0 Å². The van der Waals surface area contributed by atoms with E-state index in [0.29, 0.717) is 11.4 Å². The molecule has 0 spiro atoms. The number of aromatic nitrogens is 2. The molecule has 27 heavy (non-hydrogen) atoms. The highest BCUT2D eigenvalue weighted by Crippen LogP contribution is 2.24. The molecule has 0 amide bonds. The Morgan fingerprint density at radius 2 is 1.85 bits per heavy atom. The van der Waals surface area contributed by atoms with Gasteiger partial charge in [-0.2, -0.15) is 0 Å². The van der Waals surface area contributed by atoms with Gasteiger partial charge in [-0.05, 0) is 36.4 Å². The third kappa shape index (κ3) is 4.59. The summed E-state index contributed by atoms with van der Waals surface area (Å²) in [4.78, 5) is 19.3. The Kier molecular flexibility index (Phi) is 5.32. The number of benzene rings is 2. The van der Waals surface area contributed by atoms with Gasteiger partial charge in [0, 0.05) is 18.5 Å². The van der Waals surface area contributed by atoms with Crippen LogP contribution in [-0.2, 0) is 14.8 Å². The molecule has 8 nitrogen and oxygen atoms in total. The Bertz CT molecular complexity index is 1040. The van der Waals surface area contributed by atoms with Crippen molar-refractivity contribution in [3.05, 3.63) is 72.7 Å². The molecular weight excluding hydrogens is 370 g/mol. The molecule has 3 rings (SSSR count). The van der Waals surface area contributed by atoms with Crippen LogP contribution in [0.5, 0.6) is 11.6 Å². The van der Waals surface area contributed by atoms with Gasteiger partial charge < -0.3 is 9.47 Å². The van der Waals surface area contributed by atoms with Crippen molar-refractivity contribution in [2.45, 2.75) is 4.90 Å². The van der Waals surface area contributed by atoms with Crippen LogP contribution in [0.4, 0.5) is 5.69 Å². The molecule has 0 aliphatic carbocycles. The fourth-order valence-corrected chi connectivity index (χ4v) is 3.23. The summed E-state index contributed by atoms with van der Waals surface area (Å²) >= 11 is 0. The Hall–Kier alpha value is -3.46. The summed E-state index contributed by atoms with van der Waals surface area (Å²) in [5, 5.41) is 0. The van der Waals surface area contributed by atoms with Gasteiger partial charge >= 0.3 is 5.97 Å². The van der Waals surface area contributed by atoms with Crippen molar-refractivity contribution >= 4 is 21.7 Å². The Balaban J connectivity index is 1.77. The molecule has 0 fully saturated rings. The number of carbonyl (C=O) groups is 1. The van der Waals surface area contributed by atoms with E-state index in [2.05, 4.69) is 19.4 Å². The highest BCUT2D eigenvalue weighted by Gasteiger charge is 2.16. The number of esters is 1. The molecule has 0 saturated heterocycles. The lowest BCUT2D eigenvalue weighted by molar-refractivity contribution is 0.0600. The van der Waals surface area contributed by atoms with Crippen LogP contribution in [0.1, 0.15) is 10.4 Å². The van der Waals surface area contributed by atoms with Gasteiger partial charge in [-0.25, -0.2) is 18.2 Å². The van der Waals surface area contributed by atoms with E-state index in [1.807, 2.05) is 0 Å². The zero-order valence-corrected chi connectivity index (χ0v) is 15.0. The molecule has 3 aromatic rings. The topological polar surface area (TPSA) is 107 Å². The minimum Gasteiger partial charge on any atom is -0.465 e. The lowest BCUT2D eigenvalue weighted by Gasteiger charge is -2.10. The van der Waals surface area contributed by atoms with E-state index in [0.717, 1.165) is 0 Å². The summed E-state index contributed by atoms with van der Waals surface area (Å²) < 4.78 is 37.7. The van der Waals surface area contributed by atoms with Crippen molar-refractivity contribution in [1.82, 2.24) is 9.97 Å². The molecule has 0 aliphatic rings. The van der Waals surface area contributed by atoms with Gasteiger partial charge in [-0.1, -0.05) is 6.07 Å². The first-order chi connectivity index (χ1) is 13.0. The average Bonchev–Trinajstić information content (AvgIpc) is 2.68. The van der Waals surface area contributed by atoms with Crippen LogP contribution in [0.15, 0.2) is 72.0 Å². The number of nitrogens with zero attached hydrogens (tertiary/aromatic N) is 2. The van der Waals surface area contributed by atoms with Gasteiger partial charge in [0.2, 0.25) is 5.88 Å². The van der Waals surface area contributed by atoms with Gasteiger partial charge in [-0.15, -0.1) is 0 Å². The molecule has 1 heterocycles. The van der Waals surface area contributed by atoms with E-state index in [9.17, 15) is 13.2 Å². The van der Waals surface area contributed by atoms with E-state index in [4.69, 9.17) is 4.74 Å². The maximum atomic E-state index is 12.5. The van der Waals surface area contributed by atoms with Gasteiger partial charge in [0.1, 0.15) is 5.75 Å². The molecular formula is C18H15N3O5S. The van der Waals surface area contributed by atoms with Crippen molar-refractivity contribution in [2.75, 3.05) is 11.8 Å². The molecule has 0 bridgehead atoms. The van der Waals surface area contributed by atoms with E-state index in [-0.39, 0.29) is 16.3 Å². The standard InChI is InChI=1S/C18H15N3O5S/c1-25-18(22)13-5-7-16(8-6-13)27(23,24)21-14-3-2-4-15(11-14)26-17-12-19-9-10-20-17/h2-12,21H,1H3. The number of hydrogen-bond acceptors (Lipinski definition) is 7. The molecule has 0 aliphatic heterocycles. The third-order valence-corrected chi connectivity index (χ3v) is 4.83. The van der Waals surface area contributed by atoms with Crippen molar-refractivity contribution in [1.29, 1.82) is 0 Å². The largest absolute Gasteiger partial charge is 0.465 e. The molecule has 2 aromatic carbocycles. The van der Waals surface area contributed by atoms with Crippen molar-refractivity contribution in [3.8, 4) is 11.6 Å². The highest BCUT2D eigenvalue weighted by atomic mass is 32.2. The van der Waals surface area contributed by atoms with Gasteiger partial charge in [0.25, 0.3) is 10.0 Å². The number of rotatable bonds is 6. The number of sulfonamides is 1. The summed E-state index contributed by atoms with van der Waals surface area (Å²) in [5.74, 6) is 0.147. The molecule has 1 aromatic heterocycles. The van der Waals surface area contributed by atoms with Gasteiger partial charge in [0.05, 0.1) is 29.5 Å². The summed E-state index contributed by atoms with van der Waals surface area (Å²) in [6.45, 7) is 0. The van der Waals surface area contributed by atoms with Crippen molar-refractivity contribution < 1.29 is 22.7 Å². The summed E-state index contributed by atoms with van der Waals surface area (Å²) in [7, 11) is -2.58. The number of ether oxygens (including phenoxy) is 2. The zero-order chi connectivity index (χ0) is 19.3. The Morgan fingerprint density at radius 3 is 2.52 bits per heavy atom. The smallest absolute Gasteiger partial charge is 0.337 e. The summed E-state index contributed by atoms with van der Waals surface area (Å²) in [6, 6.07) is 11.8. The second-order valence-corrected chi connectivity index (χ2v) is 6.98.